The molecule has 1 aromatic carbocycles. The molecule has 0 aliphatic rings. The molecular weight excluding hydrogens is 393 g/mol. The summed E-state index contributed by atoms with van der Waals surface area (Å²) in [6.07, 6.45) is -3.86. The molecular formula is C16H15F3N8O2. The molecule has 0 radical (unpaired) electrons. The number of nitrogens with one attached hydrogen (secondary N) is 2. The van der Waals surface area contributed by atoms with E-state index in [0.717, 1.165) is 6.07 Å². The molecule has 0 atom stereocenters. The molecule has 0 fully saturated rings. The van der Waals surface area contributed by atoms with Crippen LogP contribution in [0.5, 0.6) is 5.75 Å². The van der Waals surface area contributed by atoms with Crippen molar-refractivity contribution in [3.63, 3.8) is 0 Å². The van der Waals surface area contributed by atoms with Gasteiger partial charge in [-0.05, 0) is 36.4 Å². The number of ether oxygens (including phenoxy) is 1. The number of nitrogens with zero attached hydrogens (tertiary/aromatic N) is 6. The second-order valence-electron chi connectivity index (χ2n) is 5.43. The van der Waals surface area contributed by atoms with E-state index in [1.54, 1.807) is 12.2 Å². The smallest absolute Gasteiger partial charge is 0.404 e. The Labute approximate surface area is 166 Å². The monoisotopic (exact) mass is 411 g/mol. The van der Waals surface area contributed by atoms with Crippen LogP contribution < -0.4 is 15.4 Å². The molecule has 3 aromatic rings. The van der Waals surface area contributed by atoms with E-state index in [-0.39, 0.29) is 22.8 Å². The molecule has 0 saturated heterocycles. The minimum absolute atomic E-state index is 0.0775. The van der Waals surface area contributed by atoms with Crippen LogP contribution in [-0.4, -0.2) is 49.6 Å². The summed E-state index contributed by atoms with van der Waals surface area (Å²) < 4.78 is 64.5. The Bertz CT molecular complexity index is 1120. The molecule has 0 saturated carbocycles. The van der Waals surface area contributed by atoms with E-state index >= 15 is 0 Å². The van der Waals surface area contributed by atoms with Gasteiger partial charge in [-0.3, -0.25) is 4.79 Å². The van der Waals surface area contributed by atoms with Crippen molar-refractivity contribution in [3.05, 3.63) is 36.2 Å². The predicted octanol–water partition coefficient (Wildman–Crippen LogP) is 2.15. The number of hydrogen-bond acceptors (Lipinski definition) is 8. The summed E-state index contributed by atoms with van der Waals surface area (Å²) in [5, 5.41) is 23.0. The molecule has 152 valence electrons. The van der Waals surface area contributed by atoms with Crippen molar-refractivity contribution in [1.82, 2.24) is 35.7 Å². The van der Waals surface area contributed by atoms with E-state index in [2.05, 4.69) is 35.7 Å². The SMILES string of the molecule is [2H]C([2H])([2H])NC(=O)c1nnccc1Nc1ccc(-c2nnn(CC)n2)cc1OC(F)(F)F. The van der Waals surface area contributed by atoms with E-state index in [1.165, 1.54) is 29.2 Å². The topological polar surface area (TPSA) is 120 Å². The van der Waals surface area contributed by atoms with Crippen LogP contribution in [-0.2, 0) is 6.54 Å². The maximum Gasteiger partial charge on any atom is 0.573 e. The molecule has 13 heteroatoms. The highest BCUT2D eigenvalue weighted by molar-refractivity contribution is 5.98. The van der Waals surface area contributed by atoms with Crippen LogP contribution in [0.4, 0.5) is 24.5 Å². The minimum atomic E-state index is -5.03. The summed E-state index contributed by atoms with van der Waals surface area (Å²) in [4.78, 5) is 13.5. The number of anilines is 2. The van der Waals surface area contributed by atoms with Gasteiger partial charge in [0.05, 0.1) is 24.1 Å². The lowest BCUT2D eigenvalue weighted by Gasteiger charge is -2.16. The summed E-state index contributed by atoms with van der Waals surface area (Å²) >= 11 is 0. The fourth-order valence-corrected chi connectivity index (χ4v) is 2.27. The third-order valence-electron chi connectivity index (χ3n) is 3.52. The van der Waals surface area contributed by atoms with E-state index in [1.807, 2.05) is 0 Å². The van der Waals surface area contributed by atoms with Crippen molar-refractivity contribution in [3.8, 4) is 17.1 Å². The van der Waals surface area contributed by atoms with Gasteiger partial charge < -0.3 is 15.4 Å². The lowest BCUT2D eigenvalue weighted by Crippen LogP contribution is -2.21. The number of aryl methyl sites for hydroxylation is 1. The van der Waals surface area contributed by atoms with Gasteiger partial charge in [0.15, 0.2) is 11.4 Å². The molecule has 2 heterocycles. The molecule has 0 spiro atoms. The van der Waals surface area contributed by atoms with Gasteiger partial charge in [-0.15, -0.1) is 28.5 Å². The summed E-state index contributed by atoms with van der Waals surface area (Å²) in [5.74, 6) is -1.67. The van der Waals surface area contributed by atoms with Crippen LogP contribution in [0.3, 0.4) is 0 Å². The number of benzene rings is 1. The van der Waals surface area contributed by atoms with E-state index in [0.29, 0.717) is 6.54 Å². The fourth-order valence-electron chi connectivity index (χ4n) is 2.27. The summed E-state index contributed by atoms with van der Waals surface area (Å²) in [5.41, 5.74) is -0.539. The molecule has 2 aromatic heterocycles. The number of carbonyl (C=O) groups is 1. The number of aromatic nitrogens is 6. The average Bonchev–Trinajstić information content (AvgIpc) is 3.16. The Hall–Kier alpha value is -3.77. The predicted molar refractivity (Wildman–Crippen MR) is 94.3 cm³/mol. The van der Waals surface area contributed by atoms with Crippen LogP contribution in [0.1, 0.15) is 21.5 Å². The molecule has 2 N–H and O–H groups in total. The highest BCUT2D eigenvalue weighted by Crippen LogP contribution is 2.35. The third kappa shape index (κ3) is 4.75. The molecule has 0 aliphatic carbocycles. The Morgan fingerprint density at radius 1 is 1.28 bits per heavy atom. The number of halogens is 3. The van der Waals surface area contributed by atoms with Gasteiger partial charge >= 0.3 is 6.36 Å². The lowest BCUT2D eigenvalue weighted by atomic mass is 10.1. The van der Waals surface area contributed by atoms with Crippen LogP contribution in [0, 0.1) is 0 Å². The first-order chi connectivity index (χ1) is 14.9. The van der Waals surface area contributed by atoms with Crippen LogP contribution in [0.2, 0.25) is 0 Å². The van der Waals surface area contributed by atoms with Crippen molar-refractivity contribution >= 4 is 17.3 Å². The first-order valence-electron chi connectivity index (χ1n) is 9.54. The van der Waals surface area contributed by atoms with Crippen molar-refractivity contribution in [2.24, 2.45) is 0 Å². The second-order valence-corrected chi connectivity index (χ2v) is 5.43. The molecule has 10 nitrogen and oxygen atoms in total. The van der Waals surface area contributed by atoms with Crippen LogP contribution in [0.25, 0.3) is 11.4 Å². The fraction of sp³-hybridized carbons (Fsp3) is 0.250. The van der Waals surface area contributed by atoms with E-state index in [4.69, 9.17) is 4.11 Å². The Kier molecular flexibility index (Phi) is 4.52. The number of hydrogen-bond donors (Lipinski definition) is 2. The third-order valence-corrected chi connectivity index (χ3v) is 3.52. The number of rotatable bonds is 6. The molecule has 0 bridgehead atoms. The summed E-state index contributed by atoms with van der Waals surface area (Å²) in [6.45, 7) is -0.630. The van der Waals surface area contributed by atoms with E-state index < -0.39 is 30.7 Å². The highest BCUT2D eigenvalue weighted by atomic mass is 19.4. The standard InChI is InChI=1S/C16H15F3N8O2/c1-3-27-25-14(24-26-27)9-4-5-10(12(8-9)29-16(17,18)19)22-11-6-7-21-23-13(11)15(28)20-2/h4-8H,3H2,1-2H3,(H,20,28)(H,21,22)/i2D3. The molecule has 1 amide bonds. The van der Waals surface area contributed by atoms with Crippen molar-refractivity contribution < 1.29 is 26.8 Å². The number of carbonyl (C=O) groups excluding carboxylic acids is 1. The Balaban J connectivity index is 1.98. The first kappa shape index (κ1) is 16.2. The highest BCUT2D eigenvalue weighted by Gasteiger charge is 2.32. The van der Waals surface area contributed by atoms with Gasteiger partial charge in [0, 0.05) is 16.7 Å². The Morgan fingerprint density at radius 3 is 2.79 bits per heavy atom. The minimum Gasteiger partial charge on any atom is -0.404 e. The largest absolute Gasteiger partial charge is 0.573 e. The normalized spacial score (nSPS) is 13.2. The quantitative estimate of drug-likeness (QED) is 0.633. The van der Waals surface area contributed by atoms with Gasteiger partial charge in [0.25, 0.3) is 5.91 Å². The maximum atomic E-state index is 13.0. The zero-order valence-corrected chi connectivity index (χ0v) is 14.7. The van der Waals surface area contributed by atoms with Crippen LogP contribution >= 0.6 is 0 Å². The number of tetrazole rings is 1. The molecule has 0 aliphatic heterocycles. The zero-order valence-electron chi connectivity index (χ0n) is 17.7. The van der Waals surface area contributed by atoms with Gasteiger partial charge in [0.2, 0.25) is 5.82 Å². The zero-order chi connectivity index (χ0) is 23.5. The van der Waals surface area contributed by atoms with Gasteiger partial charge in [-0.1, -0.05) is 0 Å². The van der Waals surface area contributed by atoms with Crippen molar-refractivity contribution in [2.75, 3.05) is 12.3 Å². The van der Waals surface area contributed by atoms with E-state index in [9.17, 15) is 18.0 Å². The molecule has 29 heavy (non-hydrogen) atoms. The summed E-state index contributed by atoms with van der Waals surface area (Å²) in [6, 6.07) is 4.94. The average molecular weight is 411 g/mol. The maximum absolute atomic E-state index is 13.0. The number of alkyl halides is 3. The van der Waals surface area contributed by atoms with Crippen molar-refractivity contribution in [1.29, 1.82) is 0 Å². The second kappa shape index (κ2) is 8.08. The van der Waals surface area contributed by atoms with Crippen molar-refractivity contribution in [2.45, 2.75) is 19.8 Å². The Morgan fingerprint density at radius 2 is 2.10 bits per heavy atom. The molecule has 0 unspecified atom stereocenters. The van der Waals surface area contributed by atoms with Crippen LogP contribution in [0.15, 0.2) is 30.5 Å². The first-order valence-corrected chi connectivity index (χ1v) is 8.04. The summed E-state index contributed by atoms with van der Waals surface area (Å²) in [7, 11) is 0. The lowest BCUT2D eigenvalue weighted by molar-refractivity contribution is -0.274. The van der Waals surface area contributed by atoms with Gasteiger partial charge in [-0.2, -0.15) is 9.90 Å². The number of amides is 1. The molecule has 3 rings (SSSR count). The van der Waals surface area contributed by atoms with Gasteiger partial charge in [-0.25, -0.2) is 0 Å². The van der Waals surface area contributed by atoms with Gasteiger partial charge in [0.1, 0.15) is 0 Å².